The van der Waals surface area contributed by atoms with Crippen molar-refractivity contribution in [3.63, 3.8) is 0 Å². The highest BCUT2D eigenvalue weighted by Crippen LogP contribution is 2.33. The number of carbonyl (C=O) groups is 4. The molecule has 10 nitrogen and oxygen atoms in total. The fraction of sp³-hybridized carbons (Fsp3) is 0.400. The van der Waals surface area contributed by atoms with E-state index in [1.807, 2.05) is 38.7 Å². The number of amides is 5. The Morgan fingerprint density at radius 1 is 1.14 bits per heavy atom. The van der Waals surface area contributed by atoms with Crippen LogP contribution in [-0.2, 0) is 15.1 Å². The van der Waals surface area contributed by atoms with E-state index in [1.54, 1.807) is 30.5 Å². The number of nitrogens with two attached hydrogens (primary N) is 1. The van der Waals surface area contributed by atoms with Crippen LogP contribution in [0.1, 0.15) is 40.9 Å². The Kier molecular flexibility index (Phi) is 6.23. The molecule has 4 rings (SSSR count). The molecule has 2 aromatic rings. The number of piperazine rings is 1. The number of hydrogen-bond donors (Lipinski definition) is 3. The van der Waals surface area contributed by atoms with Crippen LogP contribution < -0.4 is 21.3 Å². The van der Waals surface area contributed by atoms with Crippen LogP contribution in [0.15, 0.2) is 36.5 Å². The van der Waals surface area contributed by atoms with Gasteiger partial charge in [0, 0.05) is 31.4 Å². The molecule has 0 spiro atoms. The molecule has 2 aliphatic rings. The van der Waals surface area contributed by atoms with Crippen LogP contribution >= 0.6 is 0 Å². The van der Waals surface area contributed by atoms with Crippen molar-refractivity contribution in [1.82, 2.24) is 20.5 Å². The molecule has 4 N–H and O–H groups in total. The first-order chi connectivity index (χ1) is 16.5. The average Bonchev–Trinajstić information content (AvgIpc) is 3.13. The van der Waals surface area contributed by atoms with E-state index in [0.717, 1.165) is 16.9 Å². The number of aromatic nitrogens is 1. The van der Waals surface area contributed by atoms with Gasteiger partial charge in [-0.05, 0) is 48.6 Å². The number of imide groups is 1. The lowest BCUT2D eigenvalue weighted by Crippen LogP contribution is -2.60. The number of benzene rings is 1. The van der Waals surface area contributed by atoms with Crippen molar-refractivity contribution in [3.8, 4) is 0 Å². The molecule has 2 fully saturated rings. The van der Waals surface area contributed by atoms with E-state index in [1.165, 1.54) is 4.90 Å². The number of pyridine rings is 1. The minimum absolute atomic E-state index is 0.221. The monoisotopic (exact) mass is 478 g/mol. The van der Waals surface area contributed by atoms with E-state index < -0.39 is 29.4 Å². The van der Waals surface area contributed by atoms with Gasteiger partial charge in [0.1, 0.15) is 17.4 Å². The molecular formula is C25H30N6O4. The van der Waals surface area contributed by atoms with Gasteiger partial charge in [-0.25, -0.2) is 9.78 Å². The Hall–Kier alpha value is -3.95. The van der Waals surface area contributed by atoms with Crippen LogP contribution in [-0.4, -0.2) is 59.3 Å². The largest absolute Gasteiger partial charge is 0.368 e. The smallest absolute Gasteiger partial charge is 0.322 e. The summed E-state index contributed by atoms with van der Waals surface area (Å²) in [6.45, 7) is 8.67. The molecule has 1 aromatic heterocycles. The highest BCUT2D eigenvalue weighted by molar-refractivity contribution is 6.07. The maximum atomic E-state index is 13.4. The van der Waals surface area contributed by atoms with Gasteiger partial charge in [-0.1, -0.05) is 32.0 Å². The SMILES string of the molecule is Cc1cnc(N2CCN(C(=O)c3ccc([C@@]4(C(C)C)NC(=O)NC4=O)cc3)[C@H](C(N)=O)C2)c(C)c1. The summed E-state index contributed by atoms with van der Waals surface area (Å²) >= 11 is 0. The Labute approximate surface area is 203 Å². The van der Waals surface area contributed by atoms with E-state index in [9.17, 15) is 19.2 Å². The minimum Gasteiger partial charge on any atom is -0.368 e. The van der Waals surface area contributed by atoms with Gasteiger partial charge < -0.3 is 20.9 Å². The quantitative estimate of drug-likeness (QED) is 0.552. The van der Waals surface area contributed by atoms with Crippen LogP contribution in [0.3, 0.4) is 0 Å². The zero-order chi connectivity index (χ0) is 25.5. The summed E-state index contributed by atoms with van der Waals surface area (Å²) in [5.74, 6) is -0.794. The lowest BCUT2D eigenvalue weighted by molar-refractivity contribution is -0.126. The lowest BCUT2D eigenvalue weighted by atomic mass is 9.79. The summed E-state index contributed by atoms with van der Waals surface area (Å²) in [6, 6.07) is 7.19. The van der Waals surface area contributed by atoms with Gasteiger partial charge in [0.05, 0.1) is 0 Å². The van der Waals surface area contributed by atoms with E-state index in [0.29, 0.717) is 24.2 Å². The molecule has 0 unspecified atom stereocenters. The fourth-order valence-electron chi connectivity index (χ4n) is 4.95. The molecule has 1 aromatic carbocycles. The number of primary amides is 1. The first-order valence-electron chi connectivity index (χ1n) is 11.6. The van der Waals surface area contributed by atoms with Crippen molar-refractivity contribution in [2.75, 3.05) is 24.5 Å². The van der Waals surface area contributed by atoms with Gasteiger partial charge in [0.2, 0.25) is 5.91 Å². The summed E-state index contributed by atoms with van der Waals surface area (Å²) in [5.41, 5.74) is 7.46. The number of nitrogens with zero attached hydrogens (tertiary/aromatic N) is 3. The predicted octanol–water partition coefficient (Wildman–Crippen LogP) is 1.21. The first-order valence-corrected chi connectivity index (χ1v) is 11.6. The molecule has 0 aliphatic carbocycles. The summed E-state index contributed by atoms with van der Waals surface area (Å²) in [5, 5.41) is 5.02. The molecule has 184 valence electrons. The second-order valence-electron chi connectivity index (χ2n) is 9.46. The zero-order valence-electron chi connectivity index (χ0n) is 20.3. The highest BCUT2D eigenvalue weighted by Gasteiger charge is 2.50. The van der Waals surface area contributed by atoms with Crippen LogP contribution in [0.2, 0.25) is 0 Å². The maximum absolute atomic E-state index is 13.4. The van der Waals surface area contributed by atoms with E-state index in [2.05, 4.69) is 15.6 Å². The minimum atomic E-state index is -1.21. The Morgan fingerprint density at radius 2 is 1.83 bits per heavy atom. The summed E-state index contributed by atoms with van der Waals surface area (Å²) in [7, 11) is 0. The molecule has 0 bridgehead atoms. The Morgan fingerprint density at radius 3 is 2.37 bits per heavy atom. The molecule has 3 heterocycles. The molecule has 2 saturated heterocycles. The van der Waals surface area contributed by atoms with E-state index in [-0.39, 0.29) is 18.4 Å². The van der Waals surface area contributed by atoms with E-state index in [4.69, 9.17) is 5.73 Å². The normalized spacial score (nSPS) is 22.3. The summed E-state index contributed by atoms with van der Waals surface area (Å²) in [4.78, 5) is 58.1. The number of carbonyl (C=O) groups excluding carboxylic acids is 4. The number of rotatable bonds is 5. The second kappa shape index (κ2) is 9.01. The molecule has 35 heavy (non-hydrogen) atoms. The third-order valence-electron chi connectivity index (χ3n) is 6.81. The molecule has 5 amide bonds. The number of anilines is 1. The number of aryl methyl sites for hydroxylation is 2. The fourth-order valence-corrected chi connectivity index (χ4v) is 4.95. The van der Waals surface area contributed by atoms with Gasteiger partial charge in [0.15, 0.2) is 0 Å². The van der Waals surface area contributed by atoms with Crippen molar-refractivity contribution in [2.24, 2.45) is 11.7 Å². The zero-order valence-corrected chi connectivity index (χ0v) is 20.3. The summed E-state index contributed by atoms with van der Waals surface area (Å²) < 4.78 is 0. The van der Waals surface area contributed by atoms with Gasteiger partial charge >= 0.3 is 6.03 Å². The summed E-state index contributed by atoms with van der Waals surface area (Å²) in [6.07, 6.45) is 1.78. The maximum Gasteiger partial charge on any atom is 0.322 e. The van der Waals surface area contributed by atoms with Crippen LogP contribution in [0.25, 0.3) is 0 Å². The topological polar surface area (TPSA) is 138 Å². The molecule has 0 saturated carbocycles. The predicted molar refractivity (Wildman–Crippen MR) is 130 cm³/mol. The third-order valence-corrected chi connectivity index (χ3v) is 6.81. The third kappa shape index (κ3) is 4.20. The van der Waals surface area contributed by atoms with E-state index >= 15 is 0 Å². The van der Waals surface area contributed by atoms with Crippen LogP contribution in [0.4, 0.5) is 10.6 Å². The molecule has 2 aliphatic heterocycles. The van der Waals surface area contributed by atoms with Crippen molar-refractivity contribution >= 4 is 29.6 Å². The molecule has 0 radical (unpaired) electrons. The lowest BCUT2D eigenvalue weighted by Gasteiger charge is -2.41. The van der Waals surface area contributed by atoms with Gasteiger partial charge in [-0.2, -0.15) is 0 Å². The number of urea groups is 1. The van der Waals surface area contributed by atoms with Gasteiger partial charge in [-0.15, -0.1) is 0 Å². The van der Waals surface area contributed by atoms with Crippen molar-refractivity contribution in [2.45, 2.75) is 39.3 Å². The molecule has 10 heteroatoms. The highest BCUT2D eigenvalue weighted by atomic mass is 16.2. The van der Waals surface area contributed by atoms with Crippen LogP contribution in [0.5, 0.6) is 0 Å². The number of hydrogen-bond acceptors (Lipinski definition) is 6. The van der Waals surface area contributed by atoms with Crippen LogP contribution in [0, 0.1) is 19.8 Å². The van der Waals surface area contributed by atoms with Crippen molar-refractivity contribution in [1.29, 1.82) is 0 Å². The Balaban J connectivity index is 1.56. The molecule has 2 atom stereocenters. The molecular weight excluding hydrogens is 448 g/mol. The second-order valence-corrected chi connectivity index (χ2v) is 9.46. The van der Waals surface area contributed by atoms with Crippen molar-refractivity contribution in [3.05, 3.63) is 58.8 Å². The van der Waals surface area contributed by atoms with Gasteiger partial charge in [-0.3, -0.25) is 19.7 Å². The number of nitrogens with one attached hydrogen (secondary N) is 2. The Bertz CT molecular complexity index is 1190. The standard InChI is InChI=1S/C25H30N6O4/c1-14(2)25(23(34)28-24(35)29-25)18-7-5-17(6-8-18)22(33)31-10-9-30(13-19(31)20(26)32)21-16(4)11-15(3)12-27-21/h5-8,11-12,14,19H,9-10,13H2,1-4H3,(H2,26,32)(H2,28,29,34,35)/t19-,25+/m0/s1. The first kappa shape index (κ1) is 24.2. The van der Waals surface area contributed by atoms with Gasteiger partial charge in [0.25, 0.3) is 11.8 Å². The van der Waals surface area contributed by atoms with Crippen molar-refractivity contribution < 1.29 is 19.2 Å². The average molecular weight is 479 g/mol.